The molecule has 0 fully saturated rings. The number of nitrogen functional groups attached to an aromatic ring is 1. The van der Waals surface area contributed by atoms with Crippen LogP contribution in [0.2, 0.25) is 5.02 Å². The summed E-state index contributed by atoms with van der Waals surface area (Å²) in [6.45, 7) is 0. The van der Waals surface area contributed by atoms with Crippen LogP contribution < -0.4 is 10.5 Å². The van der Waals surface area contributed by atoms with E-state index >= 15 is 0 Å². The molecule has 4 nitrogen and oxygen atoms in total. The maximum atomic E-state index is 10.8. The fourth-order valence-electron chi connectivity index (χ4n) is 0.885. The number of nitrogens with one attached hydrogen (secondary N) is 1. The molecular formula is C7H9ClN2O2S. The Morgan fingerprint density at radius 1 is 1.38 bits per heavy atom. The maximum absolute atomic E-state index is 10.8. The van der Waals surface area contributed by atoms with Crippen LogP contribution in [0, 0.1) is 0 Å². The summed E-state index contributed by atoms with van der Waals surface area (Å²) in [6.07, 6.45) is 1.06. The first-order chi connectivity index (χ1) is 5.87. The second-order valence-corrected chi connectivity index (χ2v) is 4.83. The molecule has 3 N–H and O–H groups in total. The molecule has 0 atom stereocenters. The van der Waals surface area contributed by atoms with E-state index in [0.29, 0.717) is 16.4 Å². The number of rotatable bonds is 2. The zero-order chi connectivity index (χ0) is 10.1. The molecule has 0 radical (unpaired) electrons. The number of nitrogens with two attached hydrogens (primary N) is 1. The van der Waals surface area contributed by atoms with Crippen LogP contribution >= 0.6 is 11.6 Å². The van der Waals surface area contributed by atoms with E-state index in [0.717, 1.165) is 6.26 Å². The Labute approximate surface area is 81.8 Å². The monoisotopic (exact) mass is 220 g/mol. The summed E-state index contributed by atoms with van der Waals surface area (Å²) in [5, 5.41) is 0.395. The molecule has 1 aromatic carbocycles. The number of sulfonamides is 1. The highest BCUT2D eigenvalue weighted by atomic mass is 35.5. The number of benzene rings is 1. The average Bonchev–Trinajstić information content (AvgIpc) is 1.78. The minimum atomic E-state index is -3.27. The first-order valence-electron chi connectivity index (χ1n) is 3.41. The van der Waals surface area contributed by atoms with Crippen molar-refractivity contribution in [3.63, 3.8) is 0 Å². The lowest BCUT2D eigenvalue weighted by Crippen LogP contribution is -2.09. The zero-order valence-corrected chi connectivity index (χ0v) is 8.48. The van der Waals surface area contributed by atoms with E-state index in [1.165, 1.54) is 18.2 Å². The van der Waals surface area contributed by atoms with Crippen molar-refractivity contribution in [3.8, 4) is 0 Å². The van der Waals surface area contributed by atoms with Gasteiger partial charge < -0.3 is 5.73 Å². The van der Waals surface area contributed by atoms with Gasteiger partial charge in [-0.05, 0) is 18.2 Å². The van der Waals surface area contributed by atoms with Crippen molar-refractivity contribution >= 4 is 33.0 Å². The van der Waals surface area contributed by atoms with Crippen molar-refractivity contribution in [2.75, 3.05) is 16.7 Å². The van der Waals surface area contributed by atoms with Crippen LogP contribution in [0.15, 0.2) is 18.2 Å². The molecule has 6 heteroatoms. The predicted molar refractivity (Wildman–Crippen MR) is 54.3 cm³/mol. The smallest absolute Gasteiger partial charge is 0.229 e. The Hall–Kier alpha value is -0.940. The lowest BCUT2D eigenvalue weighted by Gasteiger charge is -2.04. The molecule has 1 aromatic rings. The minimum absolute atomic E-state index is 0.368. The van der Waals surface area contributed by atoms with Gasteiger partial charge in [0.2, 0.25) is 10.0 Å². The van der Waals surface area contributed by atoms with Gasteiger partial charge in [0, 0.05) is 10.7 Å². The fourth-order valence-corrected chi connectivity index (χ4v) is 1.67. The van der Waals surface area contributed by atoms with Crippen molar-refractivity contribution in [1.82, 2.24) is 0 Å². The van der Waals surface area contributed by atoms with Crippen LogP contribution in [0.25, 0.3) is 0 Å². The highest BCUT2D eigenvalue weighted by molar-refractivity contribution is 7.92. The second kappa shape index (κ2) is 3.43. The molecule has 0 heterocycles. The summed E-state index contributed by atoms with van der Waals surface area (Å²) < 4.78 is 23.9. The molecule has 0 spiro atoms. The van der Waals surface area contributed by atoms with E-state index in [1.807, 2.05) is 0 Å². The average molecular weight is 221 g/mol. The lowest BCUT2D eigenvalue weighted by atomic mass is 10.3. The van der Waals surface area contributed by atoms with E-state index in [1.54, 1.807) is 0 Å². The van der Waals surface area contributed by atoms with Gasteiger partial charge in [0.25, 0.3) is 0 Å². The molecule has 1 rings (SSSR count). The van der Waals surface area contributed by atoms with Gasteiger partial charge in [0.05, 0.1) is 11.9 Å². The van der Waals surface area contributed by atoms with Crippen LogP contribution in [-0.4, -0.2) is 14.7 Å². The van der Waals surface area contributed by atoms with E-state index < -0.39 is 10.0 Å². The largest absolute Gasteiger partial charge is 0.399 e. The number of hydrogen-bond acceptors (Lipinski definition) is 3. The number of hydrogen-bond donors (Lipinski definition) is 2. The van der Waals surface area contributed by atoms with Crippen LogP contribution in [0.3, 0.4) is 0 Å². The van der Waals surface area contributed by atoms with E-state index in [9.17, 15) is 8.42 Å². The molecular weight excluding hydrogens is 212 g/mol. The highest BCUT2D eigenvalue weighted by Gasteiger charge is 2.02. The molecule has 0 saturated heterocycles. The van der Waals surface area contributed by atoms with Gasteiger partial charge >= 0.3 is 0 Å². The van der Waals surface area contributed by atoms with Crippen LogP contribution in [0.4, 0.5) is 11.4 Å². The second-order valence-electron chi connectivity index (χ2n) is 2.65. The van der Waals surface area contributed by atoms with Crippen molar-refractivity contribution in [2.45, 2.75) is 0 Å². The Morgan fingerprint density at radius 3 is 2.46 bits per heavy atom. The van der Waals surface area contributed by atoms with Crippen molar-refractivity contribution in [3.05, 3.63) is 23.2 Å². The molecule has 0 amide bonds. The zero-order valence-electron chi connectivity index (χ0n) is 6.91. The Morgan fingerprint density at radius 2 is 2.00 bits per heavy atom. The third-order valence-electron chi connectivity index (χ3n) is 1.22. The third kappa shape index (κ3) is 3.52. The Balaban J connectivity index is 3.03. The summed E-state index contributed by atoms with van der Waals surface area (Å²) in [6, 6.07) is 4.51. The summed E-state index contributed by atoms with van der Waals surface area (Å²) in [7, 11) is -3.27. The van der Waals surface area contributed by atoms with Gasteiger partial charge in [0.1, 0.15) is 0 Å². The maximum Gasteiger partial charge on any atom is 0.229 e. The molecule has 0 aliphatic rings. The Kier molecular flexibility index (Phi) is 2.68. The summed E-state index contributed by atoms with van der Waals surface area (Å²) >= 11 is 5.66. The molecule has 0 unspecified atom stereocenters. The van der Waals surface area contributed by atoms with Gasteiger partial charge in [-0.3, -0.25) is 4.72 Å². The summed E-state index contributed by atoms with van der Waals surface area (Å²) in [4.78, 5) is 0. The van der Waals surface area contributed by atoms with E-state index in [2.05, 4.69) is 4.72 Å². The molecule has 0 saturated carbocycles. The first kappa shape index (κ1) is 10.1. The summed E-state index contributed by atoms with van der Waals surface area (Å²) in [5.41, 5.74) is 6.24. The van der Waals surface area contributed by atoms with Crippen molar-refractivity contribution in [1.29, 1.82) is 0 Å². The predicted octanol–water partition coefficient (Wildman–Crippen LogP) is 1.29. The van der Waals surface area contributed by atoms with Gasteiger partial charge in [-0.15, -0.1) is 0 Å². The molecule has 0 aliphatic heterocycles. The van der Waals surface area contributed by atoms with Gasteiger partial charge in [-0.1, -0.05) is 11.6 Å². The Bertz CT molecular complexity index is 396. The van der Waals surface area contributed by atoms with Gasteiger partial charge in [-0.2, -0.15) is 0 Å². The SMILES string of the molecule is CS(=O)(=O)Nc1cc(N)cc(Cl)c1. The van der Waals surface area contributed by atoms with Gasteiger partial charge in [0.15, 0.2) is 0 Å². The van der Waals surface area contributed by atoms with Crippen LogP contribution in [-0.2, 0) is 10.0 Å². The third-order valence-corrected chi connectivity index (χ3v) is 2.05. The first-order valence-corrected chi connectivity index (χ1v) is 5.67. The van der Waals surface area contributed by atoms with Crippen LogP contribution in [0.1, 0.15) is 0 Å². The lowest BCUT2D eigenvalue weighted by molar-refractivity contribution is 0.607. The standard InChI is InChI=1S/C7H9ClN2O2S/c1-13(11,12)10-7-3-5(8)2-6(9)4-7/h2-4,10H,9H2,1H3. The van der Waals surface area contributed by atoms with E-state index in [-0.39, 0.29) is 0 Å². The van der Waals surface area contributed by atoms with Crippen LogP contribution in [0.5, 0.6) is 0 Å². The quantitative estimate of drug-likeness (QED) is 0.738. The number of halogens is 1. The molecule has 0 bridgehead atoms. The highest BCUT2D eigenvalue weighted by Crippen LogP contribution is 2.20. The molecule has 72 valence electrons. The molecule has 0 aliphatic carbocycles. The molecule has 13 heavy (non-hydrogen) atoms. The normalized spacial score (nSPS) is 11.2. The van der Waals surface area contributed by atoms with Gasteiger partial charge in [-0.25, -0.2) is 8.42 Å². The van der Waals surface area contributed by atoms with E-state index in [4.69, 9.17) is 17.3 Å². The van der Waals surface area contributed by atoms with Crippen molar-refractivity contribution < 1.29 is 8.42 Å². The topological polar surface area (TPSA) is 72.2 Å². The summed E-state index contributed by atoms with van der Waals surface area (Å²) in [5.74, 6) is 0. The molecule has 0 aromatic heterocycles. The minimum Gasteiger partial charge on any atom is -0.399 e. The van der Waals surface area contributed by atoms with Crippen molar-refractivity contribution in [2.24, 2.45) is 0 Å². The number of anilines is 2. The fraction of sp³-hybridized carbons (Fsp3) is 0.143.